The number of hydrogen-bond acceptors (Lipinski definition) is 1. The molecule has 2 amide bonds. The highest BCUT2D eigenvalue weighted by Gasteiger charge is 2.33. The van der Waals surface area contributed by atoms with E-state index in [1.807, 2.05) is 0 Å². The molecule has 2 rings (SSSR count). The van der Waals surface area contributed by atoms with Crippen LogP contribution in [0, 0.1) is 5.82 Å². The largest absolute Gasteiger partial charge is 0.419 e. The standard InChI is InChI=1S/C14H10F4N2O/c15-12-7-9(3-6-11(12)14(16,17)18)8-1-4-10(5-2-8)20-13(19)21/h1-7H,(H3,19,20,21). The highest BCUT2D eigenvalue weighted by atomic mass is 19.4. The second-order valence-corrected chi connectivity index (χ2v) is 4.26. The van der Waals surface area contributed by atoms with Gasteiger partial charge < -0.3 is 11.1 Å². The van der Waals surface area contributed by atoms with Crippen molar-refractivity contribution in [1.82, 2.24) is 0 Å². The fourth-order valence-electron chi connectivity index (χ4n) is 1.81. The monoisotopic (exact) mass is 298 g/mol. The van der Waals surface area contributed by atoms with Crippen molar-refractivity contribution in [3.8, 4) is 11.1 Å². The molecule has 3 nitrogen and oxygen atoms in total. The summed E-state index contributed by atoms with van der Waals surface area (Å²) in [5.74, 6) is -1.33. The summed E-state index contributed by atoms with van der Waals surface area (Å²) in [6.07, 6.45) is -4.72. The zero-order valence-electron chi connectivity index (χ0n) is 10.5. The van der Waals surface area contributed by atoms with Gasteiger partial charge in [0.15, 0.2) is 0 Å². The molecule has 0 bridgehead atoms. The number of carbonyl (C=O) groups excluding carboxylic acids is 1. The predicted molar refractivity (Wildman–Crippen MR) is 70.0 cm³/mol. The Morgan fingerprint density at radius 1 is 1.00 bits per heavy atom. The molecule has 7 heteroatoms. The Bertz CT molecular complexity index is 666. The molecule has 3 N–H and O–H groups in total. The van der Waals surface area contributed by atoms with E-state index in [0.717, 1.165) is 6.07 Å². The van der Waals surface area contributed by atoms with Gasteiger partial charge in [-0.25, -0.2) is 9.18 Å². The van der Waals surface area contributed by atoms with Gasteiger partial charge >= 0.3 is 12.2 Å². The van der Waals surface area contributed by atoms with E-state index in [2.05, 4.69) is 5.32 Å². The first-order valence-electron chi connectivity index (χ1n) is 5.81. The predicted octanol–water partition coefficient (Wildman–Crippen LogP) is 4.00. The van der Waals surface area contributed by atoms with Crippen LogP contribution in [-0.4, -0.2) is 6.03 Å². The molecule has 2 aromatic carbocycles. The summed E-state index contributed by atoms with van der Waals surface area (Å²) in [7, 11) is 0. The third kappa shape index (κ3) is 3.50. The van der Waals surface area contributed by atoms with Crippen LogP contribution in [0.1, 0.15) is 5.56 Å². The number of primary amides is 1. The molecule has 21 heavy (non-hydrogen) atoms. The van der Waals surface area contributed by atoms with Crippen LogP contribution < -0.4 is 11.1 Å². The molecule has 2 aromatic rings. The average Bonchev–Trinajstić information content (AvgIpc) is 2.37. The van der Waals surface area contributed by atoms with Gasteiger partial charge in [0.1, 0.15) is 5.82 Å². The number of hydrogen-bond donors (Lipinski definition) is 2. The van der Waals surface area contributed by atoms with Gasteiger partial charge in [0.05, 0.1) is 5.56 Å². The summed E-state index contributed by atoms with van der Waals surface area (Å²) in [6, 6.07) is 8.05. The van der Waals surface area contributed by atoms with Gasteiger partial charge in [0.25, 0.3) is 0 Å². The van der Waals surface area contributed by atoms with E-state index in [9.17, 15) is 22.4 Å². The summed E-state index contributed by atoms with van der Waals surface area (Å²) in [5, 5.41) is 2.34. The van der Waals surface area contributed by atoms with Crippen molar-refractivity contribution in [3.05, 3.63) is 53.8 Å². The number of nitrogens with one attached hydrogen (secondary N) is 1. The van der Waals surface area contributed by atoms with Crippen LogP contribution in [0.2, 0.25) is 0 Å². The molecule has 0 aliphatic rings. The third-order valence-corrected chi connectivity index (χ3v) is 2.76. The third-order valence-electron chi connectivity index (χ3n) is 2.76. The first-order valence-corrected chi connectivity index (χ1v) is 5.81. The first-order chi connectivity index (χ1) is 9.77. The minimum absolute atomic E-state index is 0.297. The zero-order chi connectivity index (χ0) is 15.6. The van der Waals surface area contributed by atoms with E-state index in [1.54, 1.807) is 0 Å². The molecule has 0 fully saturated rings. The molecule has 0 saturated carbocycles. The quantitative estimate of drug-likeness (QED) is 0.809. The van der Waals surface area contributed by atoms with Gasteiger partial charge in [-0.3, -0.25) is 0 Å². The van der Waals surface area contributed by atoms with Gasteiger partial charge in [0.2, 0.25) is 0 Å². The van der Waals surface area contributed by atoms with Crippen molar-refractivity contribution in [2.24, 2.45) is 5.73 Å². The van der Waals surface area contributed by atoms with Crippen LogP contribution in [0.4, 0.5) is 28.0 Å². The Morgan fingerprint density at radius 2 is 1.57 bits per heavy atom. The highest BCUT2D eigenvalue weighted by molar-refractivity contribution is 5.88. The molecule has 0 aliphatic carbocycles. The Hall–Kier alpha value is -2.57. The van der Waals surface area contributed by atoms with Crippen molar-refractivity contribution in [1.29, 1.82) is 0 Å². The van der Waals surface area contributed by atoms with Crippen LogP contribution >= 0.6 is 0 Å². The van der Waals surface area contributed by atoms with Crippen molar-refractivity contribution >= 4 is 11.7 Å². The second-order valence-electron chi connectivity index (χ2n) is 4.26. The summed E-state index contributed by atoms with van der Waals surface area (Å²) >= 11 is 0. The fraction of sp³-hybridized carbons (Fsp3) is 0.0714. The lowest BCUT2D eigenvalue weighted by molar-refractivity contribution is -0.139. The molecule has 0 aliphatic heterocycles. The van der Waals surface area contributed by atoms with Crippen molar-refractivity contribution < 1.29 is 22.4 Å². The molecular formula is C14H10F4N2O. The Labute approximate surface area is 117 Å². The molecule has 0 unspecified atom stereocenters. The maximum atomic E-state index is 13.5. The van der Waals surface area contributed by atoms with Gasteiger partial charge in [-0.1, -0.05) is 18.2 Å². The van der Waals surface area contributed by atoms with E-state index in [0.29, 0.717) is 22.9 Å². The minimum Gasteiger partial charge on any atom is -0.351 e. The molecule has 110 valence electrons. The van der Waals surface area contributed by atoms with E-state index in [1.165, 1.54) is 30.3 Å². The SMILES string of the molecule is NC(=O)Nc1ccc(-c2ccc(C(F)(F)F)c(F)c2)cc1. The van der Waals surface area contributed by atoms with Crippen LogP contribution in [0.5, 0.6) is 0 Å². The summed E-state index contributed by atoms with van der Waals surface area (Å²) in [6.45, 7) is 0. The number of nitrogens with two attached hydrogens (primary N) is 1. The number of benzene rings is 2. The lowest BCUT2D eigenvalue weighted by atomic mass is 10.0. The first kappa shape index (κ1) is 14.8. The van der Waals surface area contributed by atoms with E-state index < -0.39 is 23.6 Å². The number of urea groups is 1. The maximum Gasteiger partial charge on any atom is 0.419 e. The summed E-state index contributed by atoms with van der Waals surface area (Å²) in [5.41, 5.74) is 4.88. The van der Waals surface area contributed by atoms with Gasteiger partial charge in [-0.05, 0) is 35.4 Å². The topological polar surface area (TPSA) is 55.1 Å². The molecule has 0 radical (unpaired) electrons. The van der Waals surface area contributed by atoms with Crippen LogP contribution in [0.3, 0.4) is 0 Å². The number of alkyl halides is 3. The number of rotatable bonds is 2. The zero-order valence-corrected chi connectivity index (χ0v) is 10.5. The van der Waals surface area contributed by atoms with E-state index in [4.69, 9.17) is 5.73 Å². The molecular weight excluding hydrogens is 288 g/mol. The summed E-state index contributed by atoms with van der Waals surface area (Å²) in [4.78, 5) is 10.7. The lowest BCUT2D eigenvalue weighted by Crippen LogP contribution is -2.19. The van der Waals surface area contributed by atoms with E-state index >= 15 is 0 Å². The second kappa shape index (κ2) is 5.43. The lowest BCUT2D eigenvalue weighted by Gasteiger charge is -2.10. The molecule has 0 spiro atoms. The van der Waals surface area contributed by atoms with Crippen molar-refractivity contribution in [3.63, 3.8) is 0 Å². The maximum absolute atomic E-state index is 13.5. The van der Waals surface area contributed by atoms with Gasteiger partial charge in [-0.2, -0.15) is 13.2 Å². The van der Waals surface area contributed by atoms with Crippen LogP contribution in [0.15, 0.2) is 42.5 Å². The van der Waals surface area contributed by atoms with Crippen molar-refractivity contribution in [2.45, 2.75) is 6.18 Å². The van der Waals surface area contributed by atoms with E-state index in [-0.39, 0.29) is 0 Å². The van der Waals surface area contributed by atoms with Gasteiger partial charge in [0, 0.05) is 5.69 Å². The smallest absolute Gasteiger partial charge is 0.351 e. The Kier molecular flexibility index (Phi) is 3.84. The average molecular weight is 298 g/mol. The molecule has 0 saturated heterocycles. The molecule has 0 heterocycles. The molecule has 0 aromatic heterocycles. The number of carbonyl (C=O) groups is 1. The van der Waals surface area contributed by atoms with Crippen LogP contribution in [0.25, 0.3) is 11.1 Å². The fourth-order valence-corrected chi connectivity index (χ4v) is 1.81. The summed E-state index contributed by atoms with van der Waals surface area (Å²) < 4.78 is 50.9. The number of amides is 2. The number of halogens is 4. The minimum atomic E-state index is -4.72. The molecule has 0 atom stereocenters. The normalized spacial score (nSPS) is 11.2. The number of anilines is 1. The Morgan fingerprint density at radius 3 is 2.05 bits per heavy atom. The van der Waals surface area contributed by atoms with Crippen molar-refractivity contribution in [2.75, 3.05) is 5.32 Å². The highest BCUT2D eigenvalue weighted by Crippen LogP contribution is 2.33. The van der Waals surface area contributed by atoms with Gasteiger partial charge in [-0.15, -0.1) is 0 Å². The Balaban J connectivity index is 2.30. The van der Waals surface area contributed by atoms with Crippen LogP contribution in [-0.2, 0) is 6.18 Å².